The molecule has 1 heterocycles. The van der Waals surface area contributed by atoms with Crippen LogP contribution < -0.4 is 5.32 Å². The summed E-state index contributed by atoms with van der Waals surface area (Å²) in [4.78, 5) is 11.9. The van der Waals surface area contributed by atoms with Crippen LogP contribution in [0.15, 0.2) is 10.6 Å². The molecule has 0 aromatic carbocycles. The van der Waals surface area contributed by atoms with E-state index in [1.807, 2.05) is 6.92 Å². The zero-order chi connectivity index (χ0) is 14.3. The molecule has 5 heteroatoms. The summed E-state index contributed by atoms with van der Waals surface area (Å²) in [5.74, 6) is 0.121. The maximum absolute atomic E-state index is 11.9. The van der Waals surface area contributed by atoms with Crippen LogP contribution in [0.25, 0.3) is 0 Å². The van der Waals surface area contributed by atoms with Gasteiger partial charge in [-0.2, -0.15) is 5.26 Å². The molecule has 1 aromatic heterocycles. The van der Waals surface area contributed by atoms with Gasteiger partial charge in [0.15, 0.2) is 0 Å². The third-order valence-corrected chi connectivity index (χ3v) is 3.19. The summed E-state index contributed by atoms with van der Waals surface area (Å²) in [5, 5.41) is 15.5. The summed E-state index contributed by atoms with van der Waals surface area (Å²) in [5.41, 5.74) is 0.805. The van der Waals surface area contributed by atoms with Crippen LogP contribution in [0.2, 0.25) is 0 Å². The van der Waals surface area contributed by atoms with Crippen molar-refractivity contribution in [3.8, 4) is 6.07 Å². The first-order chi connectivity index (χ1) is 9.15. The van der Waals surface area contributed by atoms with Gasteiger partial charge in [0.2, 0.25) is 5.76 Å². The third-order valence-electron chi connectivity index (χ3n) is 3.19. The largest absolute Gasteiger partial charge is 0.351 e. The average Bonchev–Trinajstić information content (AvgIpc) is 2.89. The molecule has 1 aromatic rings. The molecule has 1 N–H and O–H groups in total. The summed E-state index contributed by atoms with van der Waals surface area (Å²) in [7, 11) is 0. The van der Waals surface area contributed by atoms with Gasteiger partial charge < -0.3 is 9.84 Å². The summed E-state index contributed by atoms with van der Waals surface area (Å²) in [6.07, 6.45) is 3.39. The minimum Gasteiger partial charge on any atom is -0.351 e. The zero-order valence-corrected chi connectivity index (χ0v) is 11.8. The number of nitriles is 1. The lowest BCUT2D eigenvalue weighted by atomic mass is 9.99. The molecule has 0 aliphatic rings. The Kier molecular flexibility index (Phi) is 6.07. The van der Waals surface area contributed by atoms with E-state index in [9.17, 15) is 4.79 Å². The van der Waals surface area contributed by atoms with Gasteiger partial charge in [-0.25, -0.2) is 0 Å². The fraction of sp³-hybridized carbons (Fsp3) is 0.643. The van der Waals surface area contributed by atoms with Crippen molar-refractivity contribution in [2.24, 2.45) is 0 Å². The van der Waals surface area contributed by atoms with Gasteiger partial charge >= 0.3 is 0 Å². The summed E-state index contributed by atoms with van der Waals surface area (Å²) in [6, 6.07) is 3.26. The van der Waals surface area contributed by atoms with E-state index in [-0.39, 0.29) is 11.7 Å². The van der Waals surface area contributed by atoms with Gasteiger partial charge in [-0.15, -0.1) is 0 Å². The number of nitrogens with one attached hydrogen (secondary N) is 1. The molecule has 5 nitrogen and oxygen atoms in total. The van der Waals surface area contributed by atoms with Crippen molar-refractivity contribution in [3.05, 3.63) is 17.5 Å². The van der Waals surface area contributed by atoms with Crippen LogP contribution in [0.5, 0.6) is 0 Å². The highest BCUT2D eigenvalue weighted by atomic mass is 16.5. The van der Waals surface area contributed by atoms with Crippen molar-refractivity contribution in [2.45, 2.75) is 58.4 Å². The van der Waals surface area contributed by atoms with E-state index in [4.69, 9.17) is 9.78 Å². The Morgan fingerprint density at radius 1 is 1.47 bits per heavy atom. The topological polar surface area (TPSA) is 78.9 Å². The molecule has 0 aliphatic heterocycles. The number of amides is 1. The summed E-state index contributed by atoms with van der Waals surface area (Å²) >= 11 is 0. The number of rotatable bonds is 7. The van der Waals surface area contributed by atoms with Crippen molar-refractivity contribution < 1.29 is 9.32 Å². The van der Waals surface area contributed by atoms with Gasteiger partial charge in [-0.05, 0) is 19.3 Å². The normalized spacial score (nSPS) is 12.2. The Balaban J connectivity index is 2.70. The molecule has 0 radical (unpaired) electrons. The fourth-order valence-electron chi connectivity index (χ4n) is 1.98. The highest BCUT2D eigenvalue weighted by Gasteiger charge is 2.19. The maximum atomic E-state index is 11.9. The molecule has 1 amide bonds. The lowest BCUT2D eigenvalue weighted by molar-refractivity contribution is 0.0906. The summed E-state index contributed by atoms with van der Waals surface area (Å²) < 4.78 is 5.06. The first-order valence-corrected chi connectivity index (χ1v) is 6.83. The minimum atomic E-state index is -0.473. The first kappa shape index (κ1) is 15.2. The standard InChI is InChI=1S/C14H21N3O2/c1-4-7-11(9-15)16-14(18)13-8-12(17-19-13)10(5-2)6-3/h8,10-11H,4-7H2,1-3H3,(H,16,18)/t11-/m0/s1. The lowest BCUT2D eigenvalue weighted by Crippen LogP contribution is -2.33. The Morgan fingerprint density at radius 2 is 2.16 bits per heavy atom. The van der Waals surface area contributed by atoms with E-state index in [1.165, 1.54) is 0 Å². The number of carbonyl (C=O) groups is 1. The van der Waals surface area contributed by atoms with Crippen LogP contribution >= 0.6 is 0 Å². The number of hydrogen-bond acceptors (Lipinski definition) is 4. The van der Waals surface area contributed by atoms with Crippen LogP contribution in [-0.2, 0) is 0 Å². The molecule has 104 valence electrons. The summed E-state index contributed by atoms with van der Waals surface area (Å²) in [6.45, 7) is 6.13. The van der Waals surface area contributed by atoms with Crippen LogP contribution in [0.1, 0.15) is 68.6 Å². The smallest absolute Gasteiger partial charge is 0.290 e. The fourth-order valence-corrected chi connectivity index (χ4v) is 1.98. The Bertz CT molecular complexity index is 444. The van der Waals surface area contributed by atoms with Crippen LogP contribution in [0.4, 0.5) is 0 Å². The molecule has 0 bridgehead atoms. The SMILES string of the molecule is CCC[C@@H](C#N)NC(=O)c1cc(C(CC)CC)no1. The van der Waals surface area contributed by atoms with Gasteiger partial charge in [0.05, 0.1) is 11.8 Å². The van der Waals surface area contributed by atoms with Crippen molar-refractivity contribution in [1.82, 2.24) is 10.5 Å². The van der Waals surface area contributed by atoms with Gasteiger partial charge in [0, 0.05) is 12.0 Å². The Hall–Kier alpha value is -1.83. The van der Waals surface area contributed by atoms with E-state index in [1.54, 1.807) is 6.07 Å². The molecule has 1 rings (SSSR count). The van der Waals surface area contributed by atoms with E-state index < -0.39 is 6.04 Å². The van der Waals surface area contributed by atoms with Gasteiger partial charge in [0.25, 0.3) is 5.91 Å². The Labute approximate surface area is 114 Å². The molecular formula is C14H21N3O2. The second-order valence-corrected chi connectivity index (χ2v) is 4.57. The quantitative estimate of drug-likeness (QED) is 0.820. The third kappa shape index (κ3) is 4.09. The monoisotopic (exact) mass is 263 g/mol. The number of nitrogens with zero attached hydrogens (tertiary/aromatic N) is 2. The Morgan fingerprint density at radius 3 is 2.68 bits per heavy atom. The molecular weight excluding hydrogens is 242 g/mol. The minimum absolute atomic E-state index is 0.179. The second-order valence-electron chi connectivity index (χ2n) is 4.57. The molecule has 0 saturated heterocycles. The molecule has 0 aliphatic carbocycles. The van der Waals surface area contributed by atoms with Crippen molar-refractivity contribution >= 4 is 5.91 Å². The second kappa shape index (κ2) is 7.57. The van der Waals surface area contributed by atoms with Crippen molar-refractivity contribution in [2.75, 3.05) is 0 Å². The predicted octanol–water partition coefficient (Wildman–Crippen LogP) is 3.00. The molecule has 19 heavy (non-hydrogen) atoms. The molecule has 1 atom stereocenters. The highest BCUT2D eigenvalue weighted by Crippen LogP contribution is 2.22. The molecule has 0 spiro atoms. The van der Waals surface area contributed by atoms with Crippen molar-refractivity contribution in [3.63, 3.8) is 0 Å². The van der Waals surface area contributed by atoms with Crippen molar-refractivity contribution in [1.29, 1.82) is 5.26 Å². The van der Waals surface area contributed by atoms with E-state index in [2.05, 4.69) is 30.4 Å². The van der Waals surface area contributed by atoms with Gasteiger partial charge in [-0.1, -0.05) is 32.3 Å². The predicted molar refractivity (Wildman–Crippen MR) is 71.6 cm³/mol. The number of aromatic nitrogens is 1. The highest BCUT2D eigenvalue weighted by molar-refractivity contribution is 5.91. The van der Waals surface area contributed by atoms with E-state index >= 15 is 0 Å². The van der Waals surface area contributed by atoms with Gasteiger partial charge in [-0.3, -0.25) is 4.79 Å². The zero-order valence-electron chi connectivity index (χ0n) is 11.8. The van der Waals surface area contributed by atoms with Crippen LogP contribution in [-0.4, -0.2) is 17.1 Å². The van der Waals surface area contributed by atoms with Gasteiger partial charge in [0.1, 0.15) is 6.04 Å². The molecule has 0 unspecified atom stereocenters. The molecule has 0 fully saturated rings. The number of carbonyl (C=O) groups excluding carboxylic acids is 1. The van der Waals surface area contributed by atoms with E-state index in [0.29, 0.717) is 12.3 Å². The van der Waals surface area contributed by atoms with Crippen LogP contribution in [0.3, 0.4) is 0 Å². The number of hydrogen-bond donors (Lipinski definition) is 1. The maximum Gasteiger partial charge on any atom is 0.290 e. The molecule has 0 saturated carbocycles. The lowest BCUT2D eigenvalue weighted by Gasteiger charge is -2.08. The average molecular weight is 263 g/mol. The van der Waals surface area contributed by atoms with Crippen LogP contribution in [0, 0.1) is 11.3 Å². The first-order valence-electron chi connectivity index (χ1n) is 6.83. The van der Waals surface area contributed by atoms with E-state index in [0.717, 1.165) is 25.0 Å².